The number of amides is 2. The van der Waals surface area contributed by atoms with Crippen molar-refractivity contribution < 1.29 is 14.3 Å². The average Bonchev–Trinajstić information content (AvgIpc) is 2.78. The molecule has 0 spiro atoms. The molecule has 0 radical (unpaired) electrons. The van der Waals surface area contributed by atoms with Crippen LogP contribution in [0.4, 0.5) is 0 Å². The molecule has 2 N–H and O–H groups in total. The molecule has 196 valence electrons. The second-order valence-corrected chi connectivity index (χ2v) is 12.5. The van der Waals surface area contributed by atoms with Crippen LogP contribution in [-0.2, 0) is 16.2 Å². The van der Waals surface area contributed by atoms with Crippen LogP contribution in [0.25, 0.3) is 0 Å². The minimum atomic E-state index is -0.481. The van der Waals surface area contributed by atoms with Crippen LogP contribution in [0.3, 0.4) is 0 Å². The first kappa shape index (κ1) is 27.8. The molecule has 0 saturated heterocycles. The second kappa shape index (κ2) is 9.91. The maximum absolute atomic E-state index is 13.4. The minimum absolute atomic E-state index is 0.149. The molecule has 1 heterocycles. The highest BCUT2D eigenvalue weighted by Crippen LogP contribution is 2.52. The SMILES string of the molecule is CCCNC(=O)c1cc(C(C)(C)C)cc2c1Oc1c(C(=O)NCCC)cc(C(C)(C)C)cc1C2(C)C. The van der Waals surface area contributed by atoms with Gasteiger partial charge in [0.2, 0.25) is 0 Å². The summed E-state index contributed by atoms with van der Waals surface area (Å²) in [5, 5.41) is 6.05. The molecule has 0 aliphatic carbocycles. The molecule has 0 bridgehead atoms. The number of hydrogen-bond acceptors (Lipinski definition) is 3. The Morgan fingerprint density at radius 1 is 0.722 bits per heavy atom. The van der Waals surface area contributed by atoms with E-state index < -0.39 is 5.41 Å². The Morgan fingerprint density at radius 3 is 1.39 bits per heavy atom. The number of carbonyl (C=O) groups excluding carboxylic acids is 2. The summed E-state index contributed by atoms with van der Waals surface area (Å²) in [6.07, 6.45) is 1.69. The van der Waals surface area contributed by atoms with Crippen molar-refractivity contribution in [2.75, 3.05) is 13.1 Å². The van der Waals surface area contributed by atoms with Crippen LogP contribution in [0.2, 0.25) is 0 Å². The Balaban J connectivity index is 2.34. The van der Waals surface area contributed by atoms with E-state index in [0.29, 0.717) is 35.7 Å². The summed E-state index contributed by atoms with van der Waals surface area (Å²) in [4.78, 5) is 26.7. The molecule has 5 heteroatoms. The quantitative estimate of drug-likeness (QED) is 0.456. The van der Waals surface area contributed by atoms with Crippen molar-refractivity contribution in [2.24, 2.45) is 0 Å². The van der Waals surface area contributed by atoms with Crippen LogP contribution in [0.5, 0.6) is 11.5 Å². The Bertz CT molecular complexity index is 1070. The molecule has 0 atom stereocenters. The van der Waals surface area contributed by atoms with Gasteiger partial charge in [0.1, 0.15) is 11.5 Å². The molecule has 2 aromatic rings. The lowest BCUT2D eigenvalue weighted by Crippen LogP contribution is -2.32. The van der Waals surface area contributed by atoms with E-state index in [1.165, 1.54) is 0 Å². The molecule has 2 aromatic carbocycles. The van der Waals surface area contributed by atoms with Crippen molar-refractivity contribution in [2.45, 2.75) is 98.3 Å². The van der Waals surface area contributed by atoms with Crippen LogP contribution in [0.15, 0.2) is 24.3 Å². The first-order valence-corrected chi connectivity index (χ1v) is 13.2. The van der Waals surface area contributed by atoms with Crippen molar-refractivity contribution in [1.29, 1.82) is 0 Å². The lowest BCUT2D eigenvalue weighted by molar-refractivity contribution is 0.0946. The summed E-state index contributed by atoms with van der Waals surface area (Å²) in [6, 6.07) is 8.25. The van der Waals surface area contributed by atoms with Gasteiger partial charge >= 0.3 is 0 Å². The van der Waals surface area contributed by atoms with Crippen LogP contribution in [0, 0.1) is 0 Å². The molecule has 0 aromatic heterocycles. The number of benzene rings is 2. The van der Waals surface area contributed by atoms with Crippen molar-refractivity contribution in [3.05, 3.63) is 57.6 Å². The summed E-state index contributed by atoms with van der Waals surface area (Å²) in [5.74, 6) is 0.785. The Kier molecular flexibility index (Phi) is 7.64. The number of hydrogen-bond donors (Lipinski definition) is 2. The monoisotopic (exact) mass is 492 g/mol. The molecule has 0 unspecified atom stereocenters. The third kappa shape index (κ3) is 5.30. The predicted molar refractivity (Wildman–Crippen MR) is 148 cm³/mol. The van der Waals surface area contributed by atoms with Crippen molar-refractivity contribution in [3.8, 4) is 11.5 Å². The second-order valence-electron chi connectivity index (χ2n) is 12.5. The Morgan fingerprint density at radius 2 is 1.08 bits per heavy atom. The lowest BCUT2D eigenvalue weighted by atomic mass is 9.70. The van der Waals surface area contributed by atoms with Crippen molar-refractivity contribution in [1.82, 2.24) is 10.6 Å². The zero-order valence-corrected chi connectivity index (χ0v) is 23.9. The molecule has 36 heavy (non-hydrogen) atoms. The Labute approximate surface area is 217 Å². The highest BCUT2D eigenvalue weighted by atomic mass is 16.5. The maximum Gasteiger partial charge on any atom is 0.255 e. The maximum atomic E-state index is 13.4. The van der Waals surface area contributed by atoms with Gasteiger partial charge in [-0.1, -0.05) is 81.4 Å². The molecule has 5 nitrogen and oxygen atoms in total. The smallest absolute Gasteiger partial charge is 0.255 e. The molecule has 0 fully saturated rings. The standard InChI is InChI=1S/C31H44N2O3/c1-11-13-32-27(34)21-15-19(29(3,4)5)17-23-25(21)36-26-22(28(35)33-14-12-2)16-20(30(6,7)8)18-24(26)31(23,9)10/h15-18H,11-14H2,1-10H3,(H,32,34)(H,33,35). The fraction of sp³-hybridized carbons (Fsp3) is 0.548. The van der Waals surface area contributed by atoms with Crippen molar-refractivity contribution in [3.63, 3.8) is 0 Å². The Hall–Kier alpha value is -2.82. The zero-order valence-electron chi connectivity index (χ0n) is 23.9. The topological polar surface area (TPSA) is 67.4 Å². The number of carbonyl (C=O) groups is 2. The molecule has 0 saturated carbocycles. The third-order valence-electron chi connectivity index (χ3n) is 7.02. The van der Waals surface area contributed by atoms with Gasteiger partial charge in [-0.3, -0.25) is 9.59 Å². The van der Waals surface area contributed by atoms with E-state index in [2.05, 4.69) is 78.2 Å². The lowest BCUT2D eigenvalue weighted by Gasteiger charge is -2.38. The van der Waals surface area contributed by atoms with E-state index in [-0.39, 0.29) is 22.6 Å². The summed E-state index contributed by atoms with van der Waals surface area (Å²) >= 11 is 0. The first-order valence-electron chi connectivity index (χ1n) is 13.2. The molecule has 1 aliphatic rings. The third-order valence-corrected chi connectivity index (χ3v) is 7.02. The average molecular weight is 493 g/mol. The zero-order chi connectivity index (χ0) is 27.1. The fourth-order valence-electron chi connectivity index (χ4n) is 4.52. The van der Waals surface area contributed by atoms with E-state index in [4.69, 9.17) is 4.74 Å². The molecule has 1 aliphatic heterocycles. The summed E-state index contributed by atoms with van der Waals surface area (Å²) < 4.78 is 6.59. The molecular formula is C31H44N2O3. The van der Waals surface area contributed by atoms with E-state index in [9.17, 15) is 9.59 Å². The summed E-state index contributed by atoms with van der Waals surface area (Å²) in [7, 11) is 0. The normalized spacial score (nSPS) is 14.4. The largest absolute Gasteiger partial charge is 0.455 e. The molecule has 3 rings (SSSR count). The molecular weight excluding hydrogens is 448 g/mol. The van der Waals surface area contributed by atoms with Crippen LogP contribution in [0.1, 0.15) is 125 Å². The van der Waals surface area contributed by atoms with E-state index in [0.717, 1.165) is 35.1 Å². The first-order chi connectivity index (χ1) is 16.6. The van der Waals surface area contributed by atoms with Crippen LogP contribution >= 0.6 is 0 Å². The van der Waals surface area contributed by atoms with Gasteiger partial charge in [0, 0.05) is 29.6 Å². The fourth-order valence-corrected chi connectivity index (χ4v) is 4.52. The molecule has 2 amide bonds. The summed E-state index contributed by atoms with van der Waals surface area (Å²) in [5.41, 5.74) is 4.35. The van der Waals surface area contributed by atoms with Gasteiger partial charge in [0.15, 0.2) is 0 Å². The van der Waals surface area contributed by atoms with Gasteiger partial charge in [0.25, 0.3) is 11.8 Å². The number of nitrogens with one attached hydrogen (secondary N) is 2. The minimum Gasteiger partial charge on any atom is -0.455 e. The predicted octanol–water partition coefficient (Wildman–Crippen LogP) is 6.99. The number of ether oxygens (including phenoxy) is 1. The van der Waals surface area contributed by atoms with Gasteiger partial charge < -0.3 is 15.4 Å². The summed E-state index contributed by atoms with van der Waals surface area (Å²) in [6.45, 7) is 22.5. The van der Waals surface area contributed by atoms with Crippen molar-refractivity contribution >= 4 is 11.8 Å². The van der Waals surface area contributed by atoms with Gasteiger partial charge in [0.05, 0.1) is 11.1 Å². The van der Waals surface area contributed by atoms with Gasteiger partial charge in [-0.05, 0) is 46.9 Å². The van der Waals surface area contributed by atoms with Gasteiger partial charge in [-0.2, -0.15) is 0 Å². The van der Waals surface area contributed by atoms with Gasteiger partial charge in [-0.15, -0.1) is 0 Å². The highest BCUT2D eigenvalue weighted by Gasteiger charge is 2.40. The highest BCUT2D eigenvalue weighted by molar-refractivity contribution is 6.00. The van der Waals surface area contributed by atoms with E-state index in [1.54, 1.807) is 0 Å². The van der Waals surface area contributed by atoms with E-state index >= 15 is 0 Å². The van der Waals surface area contributed by atoms with Crippen LogP contribution < -0.4 is 15.4 Å². The number of fused-ring (bicyclic) bond motifs is 2. The van der Waals surface area contributed by atoms with Gasteiger partial charge in [-0.25, -0.2) is 0 Å². The van der Waals surface area contributed by atoms with Crippen LogP contribution in [-0.4, -0.2) is 24.9 Å². The number of rotatable bonds is 6. The van der Waals surface area contributed by atoms with E-state index in [1.807, 2.05) is 26.0 Å².